The molecule has 0 unspecified atom stereocenters. The molecule has 4 nitrogen and oxygen atoms in total. The lowest BCUT2D eigenvalue weighted by molar-refractivity contribution is -0.131. The van der Waals surface area contributed by atoms with Crippen LogP contribution in [-0.4, -0.2) is 22.6 Å². The van der Waals surface area contributed by atoms with E-state index in [0.717, 1.165) is 43.9 Å². The third kappa shape index (κ3) is 3.94. The molecule has 23 heavy (non-hydrogen) atoms. The Morgan fingerprint density at radius 3 is 2.30 bits per heavy atom. The van der Waals surface area contributed by atoms with Crippen molar-refractivity contribution < 1.29 is 28.2 Å². The van der Waals surface area contributed by atoms with Gasteiger partial charge in [0.1, 0.15) is 17.2 Å². The molecular weight excluding hydrogens is 306 g/mol. The number of hydrogen-bond donors (Lipinski definition) is 1. The predicted molar refractivity (Wildman–Crippen MR) is 79.9 cm³/mol. The Morgan fingerprint density at radius 2 is 1.83 bits per heavy atom. The van der Waals surface area contributed by atoms with Gasteiger partial charge >= 0.3 is 11.9 Å². The number of ether oxygens (including phenoxy) is 1. The van der Waals surface area contributed by atoms with Crippen molar-refractivity contribution >= 4 is 18.0 Å². The second kappa shape index (κ2) is 6.89. The molecule has 6 heteroatoms. The lowest BCUT2D eigenvalue weighted by atomic mass is 9.98. The van der Waals surface area contributed by atoms with Crippen LogP contribution in [0.15, 0.2) is 18.2 Å². The van der Waals surface area contributed by atoms with Crippen LogP contribution in [0.1, 0.15) is 54.9 Å². The van der Waals surface area contributed by atoms with E-state index in [1.165, 1.54) is 0 Å². The molecular formula is C17H18F2O4. The highest BCUT2D eigenvalue weighted by atomic mass is 19.1. The van der Waals surface area contributed by atoms with Crippen LogP contribution in [0, 0.1) is 11.6 Å². The maximum Gasteiger partial charge on any atom is 0.338 e. The number of aliphatic carboxylic acids is 1. The number of carbonyl (C=O) groups excluding carboxylic acids is 1. The molecule has 0 amide bonds. The number of carboxylic acids is 1. The van der Waals surface area contributed by atoms with Gasteiger partial charge in [-0.1, -0.05) is 6.92 Å². The van der Waals surface area contributed by atoms with Crippen molar-refractivity contribution in [1.29, 1.82) is 0 Å². The van der Waals surface area contributed by atoms with Gasteiger partial charge in [-0.3, -0.25) is 0 Å². The molecule has 124 valence electrons. The van der Waals surface area contributed by atoms with Gasteiger partial charge in [-0.25, -0.2) is 18.4 Å². The van der Waals surface area contributed by atoms with Gasteiger partial charge in [0.2, 0.25) is 0 Å². The van der Waals surface area contributed by atoms with E-state index < -0.39 is 34.7 Å². The normalized spacial score (nSPS) is 16.7. The zero-order valence-electron chi connectivity index (χ0n) is 12.8. The summed E-state index contributed by atoms with van der Waals surface area (Å²) in [4.78, 5) is 22.6. The molecule has 1 fully saturated rings. The van der Waals surface area contributed by atoms with E-state index in [0.29, 0.717) is 12.5 Å². The highest BCUT2D eigenvalue weighted by Gasteiger charge is 2.36. The fraction of sp³-hybridized carbons (Fsp3) is 0.412. The van der Waals surface area contributed by atoms with Gasteiger partial charge in [0.05, 0.1) is 5.56 Å². The molecule has 1 N–H and O–H groups in total. The minimum atomic E-state index is -1.32. The summed E-state index contributed by atoms with van der Waals surface area (Å²) in [7, 11) is 0. The standard InChI is InChI=1S/C17H18F2O4/c1-2-17(7-3-4-8-17)23-16(22)11-9-13(18)12(14(19)10-11)5-6-15(20)21/h5-6,9-10H,2-4,7-8H2,1H3,(H,20,21)/b6-5+. The van der Waals surface area contributed by atoms with E-state index in [4.69, 9.17) is 9.84 Å². The number of esters is 1. The maximum atomic E-state index is 13.9. The van der Waals surface area contributed by atoms with Gasteiger partial charge in [-0.15, -0.1) is 0 Å². The van der Waals surface area contributed by atoms with Crippen LogP contribution in [0.2, 0.25) is 0 Å². The summed E-state index contributed by atoms with van der Waals surface area (Å²) < 4.78 is 33.3. The number of carboxylic acid groups (broad SMARTS) is 1. The summed E-state index contributed by atoms with van der Waals surface area (Å²) in [6, 6.07) is 1.73. The third-order valence-corrected chi connectivity index (χ3v) is 4.18. The van der Waals surface area contributed by atoms with E-state index in [2.05, 4.69) is 0 Å². The topological polar surface area (TPSA) is 63.6 Å². The molecule has 0 heterocycles. The first-order chi connectivity index (χ1) is 10.9. The Bertz CT molecular complexity index is 623. The quantitative estimate of drug-likeness (QED) is 0.658. The minimum Gasteiger partial charge on any atom is -0.478 e. The zero-order valence-corrected chi connectivity index (χ0v) is 12.8. The number of rotatable bonds is 5. The smallest absolute Gasteiger partial charge is 0.338 e. The second-order valence-corrected chi connectivity index (χ2v) is 5.66. The molecule has 0 aliphatic heterocycles. The van der Waals surface area contributed by atoms with Crippen LogP contribution in [0.3, 0.4) is 0 Å². The number of carbonyl (C=O) groups is 2. The van der Waals surface area contributed by atoms with Gasteiger partial charge in [0.25, 0.3) is 0 Å². The second-order valence-electron chi connectivity index (χ2n) is 5.66. The van der Waals surface area contributed by atoms with E-state index in [1.54, 1.807) is 0 Å². The molecule has 1 aliphatic carbocycles. The monoisotopic (exact) mass is 324 g/mol. The van der Waals surface area contributed by atoms with Crippen molar-refractivity contribution in [3.05, 3.63) is 41.0 Å². The van der Waals surface area contributed by atoms with Crippen molar-refractivity contribution in [3.8, 4) is 0 Å². The Hall–Kier alpha value is -2.24. The van der Waals surface area contributed by atoms with Crippen LogP contribution in [0.5, 0.6) is 0 Å². The lowest BCUT2D eigenvalue weighted by Gasteiger charge is -2.27. The molecule has 0 saturated heterocycles. The lowest BCUT2D eigenvalue weighted by Crippen LogP contribution is -2.31. The van der Waals surface area contributed by atoms with Crippen LogP contribution in [0.4, 0.5) is 8.78 Å². The first-order valence-corrected chi connectivity index (χ1v) is 7.50. The molecule has 0 atom stereocenters. The van der Waals surface area contributed by atoms with Crippen LogP contribution < -0.4 is 0 Å². The van der Waals surface area contributed by atoms with Crippen LogP contribution in [0.25, 0.3) is 6.08 Å². The molecule has 0 radical (unpaired) electrons. The van der Waals surface area contributed by atoms with E-state index in [9.17, 15) is 18.4 Å². The summed E-state index contributed by atoms with van der Waals surface area (Å²) in [5.74, 6) is -4.10. The summed E-state index contributed by atoms with van der Waals surface area (Å²) in [5.41, 5.74) is -1.27. The summed E-state index contributed by atoms with van der Waals surface area (Å²) in [6.07, 6.45) is 5.52. The average Bonchev–Trinajstić information content (AvgIpc) is 2.95. The van der Waals surface area contributed by atoms with Gasteiger partial charge in [-0.2, -0.15) is 0 Å². The Balaban J connectivity index is 2.23. The zero-order chi connectivity index (χ0) is 17.0. The Labute approximate surface area is 132 Å². The van der Waals surface area contributed by atoms with Crippen molar-refractivity contribution in [2.24, 2.45) is 0 Å². The molecule has 1 aromatic rings. The van der Waals surface area contributed by atoms with Gasteiger partial charge in [0.15, 0.2) is 0 Å². The molecule has 1 aromatic carbocycles. The van der Waals surface area contributed by atoms with Crippen LogP contribution >= 0.6 is 0 Å². The minimum absolute atomic E-state index is 0.216. The van der Waals surface area contributed by atoms with Crippen LogP contribution in [-0.2, 0) is 9.53 Å². The van der Waals surface area contributed by atoms with Crippen molar-refractivity contribution in [3.63, 3.8) is 0 Å². The van der Waals surface area contributed by atoms with Crippen molar-refractivity contribution in [2.45, 2.75) is 44.6 Å². The van der Waals surface area contributed by atoms with E-state index >= 15 is 0 Å². The molecule has 0 aromatic heterocycles. The van der Waals surface area contributed by atoms with E-state index in [-0.39, 0.29) is 5.56 Å². The first kappa shape index (κ1) is 17.1. The predicted octanol–water partition coefficient (Wildman–Crippen LogP) is 3.94. The molecule has 1 aliphatic rings. The molecule has 2 rings (SSSR count). The first-order valence-electron chi connectivity index (χ1n) is 7.50. The molecule has 0 spiro atoms. The fourth-order valence-electron chi connectivity index (χ4n) is 2.82. The summed E-state index contributed by atoms with van der Waals surface area (Å²) in [5, 5.41) is 8.51. The SMILES string of the molecule is CCC1(OC(=O)c2cc(F)c(/C=C/C(=O)O)c(F)c2)CCCC1. The molecule has 1 saturated carbocycles. The van der Waals surface area contributed by atoms with Gasteiger partial charge in [-0.05, 0) is 50.3 Å². The molecule has 0 bridgehead atoms. The van der Waals surface area contributed by atoms with Crippen molar-refractivity contribution in [1.82, 2.24) is 0 Å². The summed E-state index contributed by atoms with van der Waals surface area (Å²) >= 11 is 0. The number of benzene rings is 1. The third-order valence-electron chi connectivity index (χ3n) is 4.18. The number of halogens is 2. The highest BCUT2D eigenvalue weighted by molar-refractivity contribution is 5.90. The Kier molecular flexibility index (Phi) is 5.13. The summed E-state index contributed by atoms with van der Waals surface area (Å²) in [6.45, 7) is 1.92. The van der Waals surface area contributed by atoms with Crippen molar-refractivity contribution in [2.75, 3.05) is 0 Å². The average molecular weight is 324 g/mol. The largest absolute Gasteiger partial charge is 0.478 e. The van der Waals surface area contributed by atoms with Gasteiger partial charge < -0.3 is 9.84 Å². The van der Waals surface area contributed by atoms with E-state index in [1.807, 2.05) is 6.92 Å². The highest BCUT2D eigenvalue weighted by Crippen LogP contribution is 2.36. The fourth-order valence-corrected chi connectivity index (χ4v) is 2.82. The van der Waals surface area contributed by atoms with Gasteiger partial charge in [0, 0.05) is 11.6 Å². The Morgan fingerprint density at radius 1 is 1.26 bits per heavy atom. The number of hydrogen-bond acceptors (Lipinski definition) is 3. The maximum absolute atomic E-state index is 13.9.